The molecule has 190 valence electrons. The van der Waals surface area contributed by atoms with Crippen molar-refractivity contribution >= 4 is 46.8 Å². The number of fused-ring (bicyclic) bond motifs is 1. The molecule has 1 aliphatic rings. The number of aryl methyl sites for hydroxylation is 1. The van der Waals surface area contributed by atoms with Gasteiger partial charge >= 0.3 is 12.0 Å². The lowest BCUT2D eigenvalue weighted by Gasteiger charge is -2.10. The number of imide groups is 1. The zero-order valence-corrected chi connectivity index (χ0v) is 20.4. The van der Waals surface area contributed by atoms with E-state index in [0.717, 1.165) is 0 Å². The van der Waals surface area contributed by atoms with Crippen molar-refractivity contribution < 1.29 is 33.8 Å². The number of hydrogen-bond donors (Lipinski definition) is 5. The van der Waals surface area contributed by atoms with E-state index in [9.17, 15) is 24.3 Å². The molecule has 4 rings (SSSR count). The number of methoxy groups -OCH3 is 2. The van der Waals surface area contributed by atoms with E-state index in [1.165, 1.54) is 26.4 Å². The summed E-state index contributed by atoms with van der Waals surface area (Å²) in [7, 11) is 2.90. The lowest BCUT2D eigenvalue weighted by atomic mass is 10.0. The van der Waals surface area contributed by atoms with Gasteiger partial charge in [-0.3, -0.25) is 14.9 Å². The molecule has 3 aromatic rings. The Balaban J connectivity index is 1.51. The number of amides is 4. The van der Waals surface area contributed by atoms with Crippen LogP contribution in [0.4, 0.5) is 16.2 Å². The van der Waals surface area contributed by atoms with Crippen LogP contribution in [-0.4, -0.2) is 48.1 Å². The summed E-state index contributed by atoms with van der Waals surface area (Å²) < 4.78 is 10.3. The van der Waals surface area contributed by atoms with Gasteiger partial charge in [0.25, 0.3) is 11.8 Å². The van der Waals surface area contributed by atoms with Crippen molar-refractivity contribution in [2.45, 2.75) is 13.8 Å². The number of ether oxygens (including phenoxy) is 2. The molecule has 0 saturated carbocycles. The number of aromatic nitrogens is 1. The minimum atomic E-state index is -1.05. The molecule has 2 aromatic carbocycles. The Bertz CT molecular complexity index is 1460. The van der Waals surface area contributed by atoms with Crippen molar-refractivity contribution in [3.05, 3.63) is 70.0 Å². The third kappa shape index (κ3) is 5.01. The molecule has 0 aliphatic carbocycles. The van der Waals surface area contributed by atoms with Crippen LogP contribution in [0.1, 0.15) is 43.2 Å². The highest BCUT2D eigenvalue weighted by atomic mass is 16.5. The Hall–Kier alpha value is -5.06. The predicted molar refractivity (Wildman–Crippen MR) is 136 cm³/mol. The van der Waals surface area contributed by atoms with Crippen molar-refractivity contribution in [2.24, 2.45) is 0 Å². The second-order valence-electron chi connectivity index (χ2n) is 8.25. The number of carboxylic acid groups (broad SMARTS) is 1. The molecule has 5 N–H and O–H groups in total. The topological polar surface area (TPSA) is 159 Å². The molecule has 1 aliphatic heterocycles. The van der Waals surface area contributed by atoms with Gasteiger partial charge in [0.2, 0.25) is 0 Å². The number of urea groups is 1. The van der Waals surface area contributed by atoms with Crippen LogP contribution in [0.2, 0.25) is 0 Å². The van der Waals surface area contributed by atoms with Gasteiger partial charge in [0.05, 0.1) is 31.0 Å². The molecule has 2 heterocycles. The minimum absolute atomic E-state index is 0.165. The van der Waals surface area contributed by atoms with E-state index >= 15 is 0 Å². The number of H-pyrrole nitrogens is 1. The third-order valence-electron chi connectivity index (χ3n) is 5.88. The highest BCUT2D eigenvalue weighted by molar-refractivity contribution is 6.35. The van der Waals surface area contributed by atoms with Crippen LogP contribution < -0.4 is 25.4 Å². The van der Waals surface area contributed by atoms with E-state index in [2.05, 4.69) is 20.9 Å². The van der Waals surface area contributed by atoms with Crippen molar-refractivity contribution in [2.75, 3.05) is 24.9 Å². The fourth-order valence-corrected chi connectivity index (χ4v) is 4.08. The molecule has 0 saturated heterocycles. The van der Waals surface area contributed by atoms with Crippen molar-refractivity contribution in [1.82, 2.24) is 10.3 Å². The normalized spacial score (nSPS) is 13.1. The summed E-state index contributed by atoms with van der Waals surface area (Å²) in [6, 6.07) is 8.55. The number of anilines is 2. The monoisotopic (exact) mass is 504 g/mol. The highest BCUT2D eigenvalue weighted by Gasteiger charge is 2.26. The van der Waals surface area contributed by atoms with Gasteiger partial charge < -0.3 is 30.2 Å². The summed E-state index contributed by atoms with van der Waals surface area (Å²) in [5.41, 5.74) is 3.58. The molecule has 0 fully saturated rings. The summed E-state index contributed by atoms with van der Waals surface area (Å²) >= 11 is 0. The van der Waals surface area contributed by atoms with Crippen molar-refractivity contribution in [1.29, 1.82) is 0 Å². The van der Waals surface area contributed by atoms with Gasteiger partial charge in [0.15, 0.2) is 0 Å². The number of nitrogens with one attached hydrogen (secondary N) is 4. The van der Waals surface area contributed by atoms with Gasteiger partial charge in [-0.2, -0.15) is 0 Å². The van der Waals surface area contributed by atoms with Crippen LogP contribution in [0.5, 0.6) is 11.5 Å². The van der Waals surface area contributed by atoms with Crippen LogP contribution in [0.15, 0.2) is 36.4 Å². The first-order chi connectivity index (χ1) is 17.6. The maximum absolute atomic E-state index is 12.6. The molecular formula is C26H24N4O7. The van der Waals surface area contributed by atoms with Gasteiger partial charge in [-0.05, 0) is 49.8 Å². The molecule has 0 bridgehead atoms. The number of carboxylic acids is 1. The van der Waals surface area contributed by atoms with Gasteiger partial charge in [-0.1, -0.05) is 6.07 Å². The van der Waals surface area contributed by atoms with Crippen LogP contribution in [-0.2, 0) is 4.79 Å². The second-order valence-corrected chi connectivity index (χ2v) is 8.25. The highest BCUT2D eigenvalue weighted by Crippen LogP contribution is 2.35. The molecule has 1 aromatic heterocycles. The van der Waals surface area contributed by atoms with E-state index in [1.54, 1.807) is 44.2 Å². The number of hydrogen-bond acceptors (Lipinski definition) is 6. The average molecular weight is 504 g/mol. The molecular weight excluding hydrogens is 480 g/mol. The van der Waals surface area contributed by atoms with Crippen LogP contribution in [0, 0.1) is 13.8 Å². The molecule has 11 heteroatoms. The zero-order valence-electron chi connectivity index (χ0n) is 20.4. The largest absolute Gasteiger partial charge is 0.497 e. The van der Waals surface area contributed by atoms with Crippen LogP contribution in [0.25, 0.3) is 11.6 Å². The van der Waals surface area contributed by atoms with Gasteiger partial charge in [0.1, 0.15) is 11.5 Å². The Morgan fingerprint density at radius 2 is 1.68 bits per heavy atom. The van der Waals surface area contributed by atoms with E-state index in [-0.39, 0.29) is 17.0 Å². The van der Waals surface area contributed by atoms with E-state index < -0.39 is 17.9 Å². The number of aromatic amines is 1. The number of carbonyl (C=O) groups excluding carboxylic acids is 3. The molecule has 0 spiro atoms. The van der Waals surface area contributed by atoms with E-state index in [4.69, 9.17) is 9.47 Å². The van der Waals surface area contributed by atoms with Crippen LogP contribution in [0.3, 0.4) is 0 Å². The fourth-order valence-electron chi connectivity index (χ4n) is 4.08. The minimum Gasteiger partial charge on any atom is -0.497 e. The Kier molecular flexibility index (Phi) is 6.70. The lowest BCUT2D eigenvalue weighted by molar-refractivity contribution is -0.110. The Morgan fingerprint density at radius 1 is 1.00 bits per heavy atom. The van der Waals surface area contributed by atoms with E-state index in [0.29, 0.717) is 51.0 Å². The van der Waals surface area contributed by atoms with E-state index in [1.807, 2.05) is 0 Å². The Morgan fingerprint density at radius 3 is 2.27 bits per heavy atom. The van der Waals surface area contributed by atoms with Gasteiger partial charge in [-0.25, -0.2) is 9.59 Å². The predicted octanol–water partition coefficient (Wildman–Crippen LogP) is 3.80. The summed E-state index contributed by atoms with van der Waals surface area (Å²) in [5, 5.41) is 16.9. The van der Waals surface area contributed by atoms with Crippen LogP contribution >= 0.6 is 0 Å². The molecule has 11 nitrogen and oxygen atoms in total. The maximum atomic E-state index is 12.6. The standard InChI is InChI=1S/C26H24N4O7/c1-12-20(27-13(2)22(12)25(33)34)11-19-18-6-5-15(9-21(18)29-24(19)32)28-26(35)30-23(31)14-7-16(36-3)10-17(8-14)37-4/h5-11,27H,1-4H3,(H,29,32)(H,33,34)(H2,28,30,31,35)/b19-11-. The number of carbonyl (C=O) groups is 4. The Labute approximate surface area is 211 Å². The first-order valence-corrected chi connectivity index (χ1v) is 11.1. The summed E-state index contributed by atoms with van der Waals surface area (Å²) in [4.78, 5) is 52.1. The average Bonchev–Trinajstić information content (AvgIpc) is 3.32. The molecule has 0 radical (unpaired) electrons. The first-order valence-electron chi connectivity index (χ1n) is 11.1. The number of aromatic carboxylic acids is 1. The summed E-state index contributed by atoms with van der Waals surface area (Å²) in [5.74, 6) is -1.29. The smallest absolute Gasteiger partial charge is 0.337 e. The molecule has 4 amide bonds. The zero-order chi connectivity index (χ0) is 26.9. The number of rotatable bonds is 6. The molecule has 37 heavy (non-hydrogen) atoms. The SMILES string of the molecule is COc1cc(OC)cc(C(=O)NC(=O)Nc2ccc3c(c2)NC(=O)/C3=C\c2[nH]c(C)c(C(=O)O)c2C)c1. The first kappa shape index (κ1) is 25.0. The van der Waals surface area contributed by atoms with Crippen molar-refractivity contribution in [3.8, 4) is 11.5 Å². The molecule has 0 atom stereocenters. The summed E-state index contributed by atoms with van der Waals surface area (Å²) in [6.45, 7) is 3.32. The summed E-state index contributed by atoms with van der Waals surface area (Å²) in [6.07, 6.45) is 1.59. The molecule has 0 unspecified atom stereocenters. The fraction of sp³-hybridized carbons (Fsp3) is 0.154. The number of benzene rings is 2. The van der Waals surface area contributed by atoms with Gasteiger partial charge in [0, 0.05) is 34.3 Å². The van der Waals surface area contributed by atoms with Crippen molar-refractivity contribution in [3.63, 3.8) is 0 Å². The second kappa shape index (κ2) is 9.90. The maximum Gasteiger partial charge on any atom is 0.337 e. The third-order valence-corrected chi connectivity index (χ3v) is 5.88. The quantitative estimate of drug-likeness (QED) is 0.319. The lowest BCUT2D eigenvalue weighted by Crippen LogP contribution is -2.34. The van der Waals surface area contributed by atoms with Gasteiger partial charge in [-0.15, -0.1) is 0 Å².